The quantitative estimate of drug-likeness (QED) is 0.335. The first kappa shape index (κ1) is 26.6. The third-order valence-electron chi connectivity index (χ3n) is 5.54. The van der Waals surface area contributed by atoms with Crippen LogP contribution < -0.4 is 26.4 Å². The number of amides is 3. The van der Waals surface area contributed by atoms with Gasteiger partial charge in [-0.2, -0.15) is 4.37 Å². The molecule has 0 unspecified atom stereocenters. The van der Waals surface area contributed by atoms with Crippen LogP contribution in [0.3, 0.4) is 0 Å². The minimum Gasteiger partial charge on any atom is -0.497 e. The Balaban J connectivity index is 2.17. The number of anilines is 2. The van der Waals surface area contributed by atoms with Gasteiger partial charge in [0.25, 0.3) is 11.8 Å². The summed E-state index contributed by atoms with van der Waals surface area (Å²) in [6.45, 7) is 2.56. The minimum absolute atomic E-state index is 0.00608. The monoisotopic (exact) mass is 511 g/mol. The molecule has 0 aliphatic heterocycles. The third kappa shape index (κ3) is 5.81. The Morgan fingerprint density at radius 2 is 1.75 bits per heavy atom. The largest absolute Gasteiger partial charge is 0.497 e. The van der Waals surface area contributed by atoms with E-state index in [-0.39, 0.29) is 22.8 Å². The lowest BCUT2D eigenvalue weighted by atomic mass is 10.0. The Morgan fingerprint density at radius 1 is 1.08 bits per heavy atom. The van der Waals surface area contributed by atoms with Crippen molar-refractivity contribution in [1.29, 1.82) is 0 Å². The van der Waals surface area contributed by atoms with Gasteiger partial charge in [0.1, 0.15) is 16.7 Å². The van der Waals surface area contributed by atoms with Crippen LogP contribution >= 0.6 is 11.5 Å². The Labute approximate surface area is 213 Å². The lowest BCUT2D eigenvalue weighted by Gasteiger charge is -2.31. The van der Waals surface area contributed by atoms with Crippen molar-refractivity contribution in [2.24, 2.45) is 5.73 Å². The molecule has 0 fully saturated rings. The number of benzene rings is 2. The second kappa shape index (κ2) is 12.1. The van der Waals surface area contributed by atoms with Crippen molar-refractivity contribution in [3.63, 3.8) is 0 Å². The fraction of sp³-hybridized carbons (Fsp3) is 0.280. The number of primary amides is 1. The highest BCUT2D eigenvalue weighted by Crippen LogP contribution is 2.34. The van der Waals surface area contributed by atoms with E-state index >= 15 is 0 Å². The number of aromatic nitrogens is 1. The highest BCUT2D eigenvalue weighted by Gasteiger charge is 2.36. The number of hydrogen-bond acceptors (Lipinski definition) is 8. The summed E-state index contributed by atoms with van der Waals surface area (Å²) in [6.07, 6.45) is 0.803. The predicted octanol–water partition coefficient (Wildman–Crippen LogP) is 2.55. The molecule has 3 amide bonds. The van der Waals surface area contributed by atoms with Crippen LogP contribution in [0.25, 0.3) is 0 Å². The maximum absolute atomic E-state index is 14.0. The van der Waals surface area contributed by atoms with Crippen molar-refractivity contribution in [3.05, 3.63) is 70.2 Å². The van der Waals surface area contributed by atoms with Crippen molar-refractivity contribution in [2.45, 2.75) is 19.4 Å². The van der Waals surface area contributed by atoms with Gasteiger partial charge in [0.05, 0.1) is 19.4 Å². The highest BCUT2D eigenvalue weighted by molar-refractivity contribution is 7.09. The molecule has 0 radical (unpaired) electrons. The number of methoxy groups -OCH3 is 2. The molecule has 0 saturated carbocycles. The maximum Gasteiger partial charge on any atom is 0.273 e. The minimum atomic E-state index is -1.08. The number of nitrogens with one attached hydrogen (secondary N) is 1. The lowest BCUT2D eigenvalue weighted by Crippen LogP contribution is -2.44. The maximum atomic E-state index is 14.0. The summed E-state index contributed by atoms with van der Waals surface area (Å²) in [7, 11) is 3.07. The molecular weight excluding hydrogens is 482 g/mol. The number of aryl methyl sites for hydroxylation is 1. The van der Waals surface area contributed by atoms with Crippen molar-refractivity contribution >= 4 is 40.6 Å². The molecule has 0 saturated heterocycles. The zero-order valence-corrected chi connectivity index (χ0v) is 21.1. The van der Waals surface area contributed by atoms with Crippen LogP contribution in [-0.4, -0.2) is 49.5 Å². The Kier molecular flexibility index (Phi) is 8.98. The molecule has 1 atom stereocenters. The summed E-state index contributed by atoms with van der Waals surface area (Å²) >= 11 is 0.756. The Hall–Kier alpha value is -3.96. The summed E-state index contributed by atoms with van der Waals surface area (Å²) < 4.78 is 14.3. The molecule has 2 aromatic carbocycles. The molecule has 190 valence electrons. The van der Waals surface area contributed by atoms with Gasteiger partial charge in [-0.25, -0.2) is 0 Å². The molecule has 5 N–H and O–H groups in total. The predicted molar refractivity (Wildman–Crippen MR) is 138 cm³/mol. The smallest absolute Gasteiger partial charge is 0.273 e. The Morgan fingerprint density at radius 3 is 2.28 bits per heavy atom. The van der Waals surface area contributed by atoms with Gasteiger partial charge < -0.3 is 26.3 Å². The normalized spacial score (nSPS) is 11.5. The van der Waals surface area contributed by atoms with Crippen molar-refractivity contribution in [1.82, 2.24) is 9.69 Å². The summed E-state index contributed by atoms with van der Waals surface area (Å²) in [6, 6.07) is 13.1. The van der Waals surface area contributed by atoms with Crippen LogP contribution in [0.4, 0.5) is 11.4 Å². The first-order valence-corrected chi connectivity index (χ1v) is 12.0. The molecule has 11 heteroatoms. The Bertz CT molecular complexity index is 1210. The van der Waals surface area contributed by atoms with E-state index in [0.29, 0.717) is 23.6 Å². The van der Waals surface area contributed by atoms with Gasteiger partial charge in [0.15, 0.2) is 5.69 Å². The number of carbonyl (C=O) groups excluding carboxylic acids is 3. The number of nitrogen functional groups attached to an aromatic ring is 1. The average Bonchev–Trinajstić information content (AvgIpc) is 3.28. The zero-order chi connectivity index (χ0) is 26.2. The van der Waals surface area contributed by atoms with E-state index in [1.165, 1.54) is 19.1 Å². The van der Waals surface area contributed by atoms with E-state index in [1.54, 1.807) is 36.4 Å². The molecular formula is C25H29N5O5S. The van der Waals surface area contributed by atoms with E-state index in [2.05, 4.69) is 9.69 Å². The van der Waals surface area contributed by atoms with Gasteiger partial charge in [0.2, 0.25) is 5.91 Å². The van der Waals surface area contributed by atoms with Crippen molar-refractivity contribution < 1.29 is 23.9 Å². The molecule has 3 aromatic rings. The van der Waals surface area contributed by atoms with Gasteiger partial charge >= 0.3 is 0 Å². The lowest BCUT2D eigenvalue weighted by molar-refractivity contribution is -0.122. The van der Waals surface area contributed by atoms with Crippen LogP contribution in [0.5, 0.6) is 5.75 Å². The van der Waals surface area contributed by atoms with Gasteiger partial charge in [-0.15, -0.1) is 0 Å². The molecule has 1 heterocycles. The van der Waals surface area contributed by atoms with E-state index in [0.717, 1.165) is 23.5 Å². The van der Waals surface area contributed by atoms with E-state index in [4.69, 9.17) is 20.9 Å². The van der Waals surface area contributed by atoms with Gasteiger partial charge in [0, 0.05) is 19.3 Å². The number of nitrogens with two attached hydrogens (primary N) is 2. The molecule has 0 aliphatic carbocycles. The van der Waals surface area contributed by atoms with Crippen LogP contribution in [0.2, 0.25) is 0 Å². The van der Waals surface area contributed by atoms with Gasteiger partial charge in [-0.1, -0.05) is 31.2 Å². The molecule has 3 rings (SSSR count). The standard InChI is InChI=1S/C25H29N5O5S/c1-4-15-5-9-17(10-6-15)30(25(33)22-19(26)20(23(27)31)29-36-22)21(24(32)28-13-14-34-2)16-7-11-18(35-3)12-8-16/h5-12,21H,4,13-14,26H2,1-3H3,(H2,27,31)(H,28,32)/t21-/m1/s1. The summed E-state index contributed by atoms with van der Waals surface area (Å²) in [4.78, 5) is 40.6. The molecule has 0 bridgehead atoms. The summed E-state index contributed by atoms with van der Waals surface area (Å²) in [5.74, 6) is -1.27. The average molecular weight is 512 g/mol. The van der Waals surface area contributed by atoms with E-state index in [1.807, 2.05) is 19.1 Å². The van der Waals surface area contributed by atoms with E-state index in [9.17, 15) is 14.4 Å². The third-order valence-corrected chi connectivity index (χ3v) is 6.39. The topological polar surface area (TPSA) is 150 Å². The number of carbonyl (C=O) groups is 3. The fourth-order valence-electron chi connectivity index (χ4n) is 3.59. The fourth-order valence-corrected chi connectivity index (χ4v) is 4.33. The highest BCUT2D eigenvalue weighted by atomic mass is 32.1. The second-order valence-corrected chi connectivity index (χ2v) is 8.57. The zero-order valence-electron chi connectivity index (χ0n) is 20.3. The molecule has 0 aliphatic rings. The summed E-state index contributed by atoms with van der Waals surface area (Å²) in [5.41, 5.74) is 13.2. The molecule has 10 nitrogen and oxygen atoms in total. The number of nitrogens with zero attached hydrogens (tertiary/aromatic N) is 2. The van der Waals surface area contributed by atoms with Crippen molar-refractivity contribution in [3.8, 4) is 5.75 Å². The molecule has 0 spiro atoms. The number of hydrogen-bond donors (Lipinski definition) is 3. The van der Waals surface area contributed by atoms with Gasteiger partial charge in [-0.05, 0) is 53.3 Å². The first-order chi connectivity index (χ1) is 17.3. The first-order valence-electron chi connectivity index (χ1n) is 11.2. The number of rotatable bonds is 11. The van der Waals surface area contributed by atoms with Crippen LogP contribution in [0, 0.1) is 0 Å². The van der Waals surface area contributed by atoms with Gasteiger partial charge in [-0.3, -0.25) is 19.3 Å². The SMILES string of the molecule is CCc1ccc(N(C(=O)c2snc(C(N)=O)c2N)[C@@H](C(=O)NCCOC)c2ccc(OC)cc2)cc1. The molecule has 1 aromatic heterocycles. The summed E-state index contributed by atoms with van der Waals surface area (Å²) in [5, 5.41) is 2.82. The van der Waals surface area contributed by atoms with Crippen LogP contribution in [0.15, 0.2) is 48.5 Å². The second-order valence-electron chi connectivity index (χ2n) is 7.79. The van der Waals surface area contributed by atoms with E-state index < -0.39 is 23.8 Å². The van der Waals surface area contributed by atoms with Crippen molar-refractivity contribution in [2.75, 3.05) is 38.0 Å². The number of ether oxygens (including phenoxy) is 2. The van der Waals surface area contributed by atoms with Crippen LogP contribution in [0.1, 0.15) is 44.3 Å². The van der Waals surface area contributed by atoms with Crippen LogP contribution in [-0.2, 0) is 16.0 Å². The molecule has 36 heavy (non-hydrogen) atoms.